The molecule has 104 valence electrons. The van der Waals surface area contributed by atoms with Crippen LogP contribution in [0.1, 0.15) is 47.9 Å². The molecule has 3 heteroatoms. The number of aryl methyl sites for hydroxylation is 2. The molecule has 1 aromatic rings. The second kappa shape index (κ2) is 8.68. The molecule has 0 fully saturated rings. The zero-order valence-corrected chi connectivity index (χ0v) is 12.9. The second-order valence-corrected chi connectivity index (χ2v) is 6.46. The number of rotatable bonds is 9. The Morgan fingerprint density at radius 2 is 2.11 bits per heavy atom. The highest BCUT2D eigenvalue weighted by Crippen LogP contribution is 2.20. The predicted octanol–water partition coefficient (Wildman–Crippen LogP) is 3.61. The van der Waals surface area contributed by atoms with Crippen LogP contribution in [0.25, 0.3) is 0 Å². The fourth-order valence-electron chi connectivity index (χ4n) is 2.25. The van der Waals surface area contributed by atoms with Crippen molar-refractivity contribution in [2.75, 3.05) is 13.1 Å². The molecule has 3 N–H and O–H groups in total. The van der Waals surface area contributed by atoms with Gasteiger partial charge in [-0.15, -0.1) is 11.3 Å². The maximum Gasteiger partial charge on any atom is 0.0299 e. The van der Waals surface area contributed by atoms with E-state index in [1.165, 1.54) is 41.0 Å². The first kappa shape index (κ1) is 15.7. The SMILES string of the molecule is CCC(CCN)CCCNCc1cc(C)c(C)s1. The summed E-state index contributed by atoms with van der Waals surface area (Å²) in [5, 5.41) is 3.54. The maximum absolute atomic E-state index is 5.61. The molecule has 1 atom stereocenters. The van der Waals surface area contributed by atoms with E-state index in [1.54, 1.807) is 0 Å². The van der Waals surface area contributed by atoms with E-state index < -0.39 is 0 Å². The highest BCUT2D eigenvalue weighted by Gasteiger charge is 2.05. The van der Waals surface area contributed by atoms with E-state index >= 15 is 0 Å². The van der Waals surface area contributed by atoms with Crippen molar-refractivity contribution in [3.05, 3.63) is 21.4 Å². The molecule has 0 radical (unpaired) electrons. The van der Waals surface area contributed by atoms with Crippen LogP contribution in [0.2, 0.25) is 0 Å². The Hall–Kier alpha value is -0.380. The monoisotopic (exact) mass is 268 g/mol. The van der Waals surface area contributed by atoms with Crippen molar-refractivity contribution < 1.29 is 0 Å². The lowest BCUT2D eigenvalue weighted by Crippen LogP contribution is -2.16. The quantitative estimate of drug-likeness (QED) is 0.671. The van der Waals surface area contributed by atoms with E-state index in [-0.39, 0.29) is 0 Å². The third kappa shape index (κ3) is 5.51. The highest BCUT2D eigenvalue weighted by molar-refractivity contribution is 7.12. The van der Waals surface area contributed by atoms with Gasteiger partial charge in [0, 0.05) is 16.3 Å². The van der Waals surface area contributed by atoms with Gasteiger partial charge in [-0.25, -0.2) is 0 Å². The largest absolute Gasteiger partial charge is 0.330 e. The third-order valence-corrected chi connectivity index (χ3v) is 4.79. The normalized spacial score (nSPS) is 12.9. The van der Waals surface area contributed by atoms with Gasteiger partial charge in [0.15, 0.2) is 0 Å². The summed E-state index contributed by atoms with van der Waals surface area (Å²) in [4.78, 5) is 2.90. The van der Waals surface area contributed by atoms with Crippen LogP contribution in [0, 0.1) is 19.8 Å². The Bertz CT molecular complexity index is 314. The molecule has 0 aliphatic rings. The van der Waals surface area contributed by atoms with Crippen molar-refractivity contribution in [2.24, 2.45) is 11.7 Å². The number of nitrogens with two attached hydrogens (primary N) is 1. The topological polar surface area (TPSA) is 38.0 Å². The maximum atomic E-state index is 5.61. The predicted molar refractivity (Wildman–Crippen MR) is 82.2 cm³/mol. The lowest BCUT2D eigenvalue weighted by atomic mass is 9.97. The molecular formula is C15H28N2S. The summed E-state index contributed by atoms with van der Waals surface area (Å²) < 4.78 is 0. The van der Waals surface area contributed by atoms with Crippen LogP contribution < -0.4 is 11.1 Å². The van der Waals surface area contributed by atoms with Crippen LogP contribution >= 0.6 is 11.3 Å². The summed E-state index contributed by atoms with van der Waals surface area (Å²) in [6.07, 6.45) is 5.02. The molecule has 2 nitrogen and oxygen atoms in total. The van der Waals surface area contributed by atoms with Gasteiger partial charge in [0.1, 0.15) is 0 Å². The second-order valence-electron chi connectivity index (χ2n) is 5.12. The third-order valence-electron chi connectivity index (χ3n) is 3.63. The van der Waals surface area contributed by atoms with Gasteiger partial charge in [-0.2, -0.15) is 0 Å². The van der Waals surface area contributed by atoms with E-state index in [9.17, 15) is 0 Å². The number of hydrogen-bond acceptors (Lipinski definition) is 3. The summed E-state index contributed by atoms with van der Waals surface area (Å²) >= 11 is 1.91. The van der Waals surface area contributed by atoms with E-state index in [1.807, 2.05) is 11.3 Å². The average molecular weight is 268 g/mol. The van der Waals surface area contributed by atoms with Crippen LogP contribution in [0.4, 0.5) is 0 Å². The molecule has 1 aromatic heterocycles. The van der Waals surface area contributed by atoms with E-state index in [0.717, 1.165) is 25.6 Å². The van der Waals surface area contributed by atoms with Crippen LogP contribution in [0.5, 0.6) is 0 Å². The average Bonchev–Trinajstić information content (AvgIpc) is 2.67. The van der Waals surface area contributed by atoms with Gasteiger partial charge in [0.05, 0.1) is 0 Å². The summed E-state index contributed by atoms with van der Waals surface area (Å²) in [6.45, 7) is 9.63. The molecule has 1 unspecified atom stereocenters. The smallest absolute Gasteiger partial charge is 0.0299 e. The Balaban J connectivity index is 2.11. The number of hydrogen-bond donors (Lipinski definition) is 2. The lowest BCUT2D eigenvalue weighted by molar-refractivity contribution is 0.422. The molecule has 0 spiro atoms. The van der Waals surface area contributed by atoms with Crippen LogP contribution in [0.15, 0.2) is 6.07 Å². The van der Waals surface area contributed by atoms with Gasteiger partial charge in [-0.05, 0) is 63.7 Å². The van der Waals surface area contributed by atoms with Crippen LogP contribution in [0.3, 0.4) is 0 Å². The molecule has 18 heavy (non-hydrogen) atoms. The molecular weight excluding hydrogens is 240 g/mol. The minimum Gasteiger partial charge on any atom is -0.330 e. The summed E-state index contributed by atoms with van der Waals surface area (Å²) in [7, 11) is 0. The molecule has 0 bridgehead atoms. The van der Waals surface area contributed by atoms with E-state index in [4.69, 9.17) is 5.73 Å². The van der Waals surface area contributed by atoms with Crippen LogP contribution in [-0.2, 0) is 6.54 Å². The molecule has 0 aliphatic heterocycles. The summed E-state index contributed by atoms with van der Waals surface area (Å²) in [5.74, 6) is 0.822. The van der Waals surface area contributed by atoms with Crippen molar-refractivity contribution in [1.82, 2.24) is 5.32 Å². The van der Waals surface area contributed by atoms with Gasteiger partial charge in [-0.1, -0.05) is 13.3 Å². The van der Waals surface area contributed by atoms with E-state index in [2.05, 4.69) is 32.2 Å². The highest BCUT2D eigenvalue weighted by atomic mass is 32.1. The minimum absolute atomic E-state index is 0.822. The molecule has 0 saturated carbocycles. The standard InChI is InChI=1S/C15H28N2S/c1-4-14(7-8-16)6-5-9-17-11-15-10-12(2)13(3)18-15/h10,14,17H,4-9,11,16H2,1-3H3. The zero-order valence-electron chi connectivity index (χ0n) is 12.1. The Morgan fingerprint density at radius 1 is 1.33 bits per heavy atom. The molecule has 0 aromatic carbocycles. The molecule has 0 amide bonds. The first-order valence-corrected chi connectivity index (χ1v) is 7.95. The van der Waals surface area contributed by atoms with Gasteiger partial charge >= 0.3 is 0 Å². The van der Waals surface area contributed by atoms with Crippen LogP contribution in [-0.4, -0.2) is 13.1 Å². The van der Waals surface area contributed by atoms with Crippen molar-refractivity contribution in [2.45, 2.75) is 53.0 Å². The van der Waals surface area contributed by atoms with Crippen molar-refractivity contribution in [3.63, 3.8) is 0 Å². The van der Waals surface area contributed by atoms with Gasteiger partial charge < -0.3 is 11.1 Å². The van der Waals surface area contributed by atoms with Gasteiger partial charge in [-0.3, -0.25) is 0 Å². The van der Waals surface area contributed by atoms with Gasteiger partial charge in [0.2, 0.25) is 0 Å². The summed E-state index contributed by atoms with van der Waals surface area (Å²) in [6, 6.07) is 2.30. The fourth-order valence-corrected chi connectivity index (χ4v) is 3.28. The molecule has 0 aliphatic carbocycles. The van der Waals surface area contributed by atoms with Crippen molar-refractivity contribution >= 4 is 11.3 Å². The van der Waals surface area contributed by atoms with Crippen molar-refractivity contribution in [3.8, 4) is 0 Å². The Labute approximate surface area is 116 Å². The van der Waals surface area contributed by atoms with Gasteiger partial charge in [0.25, 0.3) is 0 Å². The number of thiophene rings is 1. The Morgan fingerprint density at radius 3 is 2.67 bits per heavy atom. The lowest BCUT2D eigenvalue weighted by Gasteiger charge is -2.13. The zero-order chi connectivity index (χ0) is 13.4. The molecule has 0 saturated heterocycles. The fraction of sp³-hybridized carbons (Fsp3) is 0.733. The first-order valence-electron chi connectivity index (χ1n) is 7.14. The Kier molecular flexibility index (Phi) is 7.56. The summed E-state index contributed by atoms with van der Waals surface area (Å²) in [5.41, 5.74) is 7.04. The minimum atomic E-state index is 0.822. The number of nitrogens with one attached hydrogen (secondary N) is 1. The molecule has 1 heterocycles. The van der Waals surface area contributed by atoms with E-state index in [0.29, 0.717) is 0 Å². The van der Waals surface area contributed by atoms with Crippen molar-refractivity contribution in [1.29, 1.82) is 0 Å². The first-order chi connectivity index (χ1) is 8.67. The molecule has 1 rings (SSSR count).